The fraction of sp³-hybridized carbons (Fsp3) is 0.194. The highest BCUT2D eigenvalue weighted by atomic mass is 16.5. The minimum Gasteiger partial charge on any atom is -0.497 e. The summed E-state index contributed by atoms with van der Waals surface area (Å²) < 4.78 is 5.07. The predicted molar refractivity (Wildman–Crippen MR) is 434 cm³/mol. The van der Waals surface area contributed by atoms with Crippen LogP contribution in [0, 0.1) is 80.6 Å². The van der Waals surface area contributed by atoms with Crippen LogP contribution in [0.3, 0.4) is 0 Å². The van der Waals surface area contributed by atoms with Gasteiger partial charge in [-0.25, -0.2) is 0 Å². The normalized spacial score (nSPS) is 10.2. The van der Waals surface area contributed by atoms with Crippen LogP contribution in [0.1, 0.15) is 169 Å². The number of carbonyl (C=O) groups excluding carboxylic acids is 6. The van der Waals surface area contributed by atoms with Crippen LogP contribution in [0.5, 0.6) is 5.75 Å². The molecule has 12 rings (SSSR count). The lowest BCUT2D eigenvalue weighted by Crippen LogP contribution is -2.04. The van der Waals surface area contributed by atoms with Crippen LogP contribution in [0.4, 0.5) is 0 Å². The number of aryl methyl sites for hydroxylation is 11. The Bertz CT molecular complexity index is 4780. The van der Waals surface area contributed by atoms with Crippen LogP contribution in [-0.2, 0) is 44.9 Å². The number of carbonyl (C=O) groups is 6. The van der Waals surface area contributed by atoms with E-state index in [0.29, 0.717) is 49.7 Å². The number of hydrogen-bond donors (Lipinski definition) is 0. The van der Waals surface area contributed by atoms with Gasteiger partial charge in [0.25, 0.3) is 0 Å². The van der Waals surface area contributed by atoms with Crippen LogP contribution in [-0.4, -0.2) is 41.8 Å². The Morgan fingerprint density at radius 3 is 0.764 bits per heavy atom. The largest absolute Gasteiger partial charge is 0.497 e. The van der Waals surface area contributed by atoms with Gasteiger partial charge in [-0.1, -0.05) is 311 Å². The topological polar surface area (TPSA) is 135 Å². The van der Waals surface area contributed by atoms with Gasteiger partial charge in [0.15, 0.2) is 34.7 Å². The van der Waals surface area contributed by atoms with Crippen LogP contribution in [0.15, 0.2) is 285 Å². The van der Waals surface area contributed by atoms with E-state index in [9.17, 15) is 28.8 Å². The van der Waals surface area contributed by atoms with Crippen molar-refractivity contribution in [2.75, 3.05) is 7.11 Å². The summed E-state index contributed by atoms with van der Waals surface area (Å²) in [7, 11) is 1.61. The molecule has 536 valence electrons. The Morgan fingerprint density at radius 1 is 0.255 bits per heavy atom. The molecule has 0 saturated heterocycles. The van der Waals surface area contributed by atoms with Crippen LogP contribution < -0.4 is 4.74 Å². The molecule has 106 heavy (non-hydrogen) atoms. The average Bonchev–Trinajstić information content (AvgIpc) is 0.903. The van der Waals surface area contributed by atoms with E-state index in [4.69, 9.17) is 10.00 Å². The highest BCUT2D eigenvalue weighted by Crippen LogP contribution is 2.19. The zero-order valence-electron chi connectivity index (χ0n) is 63.4. The number of rotatable bonds is 20. The molecular formula is C98H97NO7. The van der Waals surface area contributed by atoms with Crippen molar-refractivity contribution in [1.82, 2.24) is 0 Å². The maximum atomic E-state index is 12.1. The molecule has 0 aromatic heterocycles. The molecule has 0 radical (unpaired) electrons. The maximum Gasteiger partial charge on any atom is 0.167 e. The summed E-state index contributed by atoms with van der Waals surface area (Å²) >= 11 is 0. The summed E-state index contributed by atoms with van der Waals surface area (Å²) in [5.41, 5.74) is 24.7. The van der Waals surface area contributed by atoms with E-state index in [-0.39, 0.29) is 34.7 Å². The zero-order valence-corrected chi connectivity index (χ0v) is 63.4. The molecule has 0 spiro atoms. The molecule has 0 amide bonds. The van der Waals surface area contributed by atoms with Crippen molar-refractivity contribution >= 4 is 34.7 Å². The molecule has 0 aliphatic carbocycles. The van der Waals surface area contributed by atoms with E-state index >= 15 is 0 Å². The highest BCUT2D eigenvalue weighted by molar-refractivity contribution is 6.00. The molecule has 0 aliphatic rings. The first-order valence-corrected chi connectivity index (χ1v) is 35.9. The van der Waals surface area contributed by atoms with Crippen molar-refractivity contribution < 1.29 is 33.5 Å². The summed E-state index contributed by atoms with van der Waals surface area (Å²) in [6.07, 6.45) is 3.75. The third-order valence-electron chi connectivity index (χ3n) is 17.5. The van der Waals surface area contributed by atoms with Gasteiger partial charge in [0, 0.05) is 71.9 Å². The van der Waals surface area contributed by atoms with Gasteiger partial charge >= 0.3 is 0 Å². The lowest BCUT2D eigenvalue weighted by molar-refractivity contribution is 0.0984. The molecule has 0 atom stereocenters. The number of Topliss-reactive ketones (excluding diaryl/α,β-unsaturated/α-hetero) is 6. The third kappa shape index (κ3) is 28.3. The summed E-state index contributed by atoms with van der Waals surface area (Å²) in [5, 5.41) is 8.70. The van der Waals surface area contributed by atoms with Crippen molar-refractivity contribution in [3.63, 3.8) is 0 Å². The number of nitrogens with zero attached hydrogens (tertiary/aromatic N) is 1. The molecule has 8 heteroatoms. The van der Waals surface area contributed by atoms with Gasteiger partial charge in [0.1, 0.15) is 5.75 Å². The molecule has 0 unspecified atom stereocenters. The van der Waals surface area contributed by atoms with Gasteiger partial charge in [-0.3, -0.25) is 28.8 Å². The lowest BCUT2D eigenvalue weighted by atomic mass is 9.99. The minimum atomic E-state index is 0.0742. The number of hydrogen-bond acceptors (Lipinski definition) is 8. The van der Waals surface area contributed by atoms with Gasteiger partial charge in [0.05, 0.1) is 18.7 Å². The van der Waals surface area contributed by atoms with Crippen LogP contribution in [0.25, 0.3) is 0 Å². The lowest BCUT2D eigenvalue weighted by Gasteiger charge is -2.05. The van der Waals surface area contributed by atoms with Crippen LogP contribution >= 0.6 is 0 Å². The molecule has 0 bridgehead atoms. The maximum absolute atomic E-state index is 12.1. The van der Waals surface area contributed by atoms with E-state index in [2.05, 4.69) is 51.1 Å². The smallest absolute Gasteiger partial charge is 0.167 e. The monoisotopic (exact) mass is 1400 g/mol. The Balaban J connectivity index is 0.000000178. The molecule has 0 fully saturated rings. The second-order valence-corrected chi connectivity index (χ2v) is 27.1. The van der Waals surface area contributed by atoms with Crippen molar-refractivity contribution in [3.05, 3.63) is 419 Å². The highest BCUT2D eigenvalue weighted by Gasteiger charge is 2.13. The van der Waals surface area contributed by atoms with Crippen molar-refractivity contribution in [1.29, 1.82) is 5.26 Å². The zero-order chi connectivity index (χ0) is 76.5. The van der Waals surface area contributed by atoms with Gasteiger partial charge in [-0.15, -0.1) is 0 Å². The predicted octanol–water partition coefficient (Wildman–Crippen LogP) is 22.2. The average molecular weight is 1400 g/mol. The number of nitriles is 1. The van der Waals surface area contributed by atoms with E-state index < -0.39 is 0 Å². The first-order valence-electron chi connectivity index (χ1n) is 35.9. The molecule has 0 heterocycles. The van der Waals surface area contributed by atoms with Crippen molar-refractivity contribution in [2.45, 2.75) is 121 Å². The summed E-state index contributed by atoms with van der Waals surface area (Å²) in [6, 6.07) is 93.8. The quantitative estimate of drug-likeness (QED) is 0.0688. The van der Waals surface area contributed by atoms with Crippen molar-refractivity contribution in [3.8, 4) is 11.8 Å². The number of ether oxygens (including phenoxy) is 1. The van der Waals surface area contributed by atoms with Gasteiger partial charge < -0.3 is 4.74 Å². The Hall–Kier alpha value is -12.1. The fourth-order valence-electron chi connectivity index (χ4n) is 11.5. The first-order chi connectivity index (χ1) is 50.9. The SMILES string of the molecule is CCc1ccc(C(=O)Cc2cccc(C)c2)cc1.COc1ccc(C(=O)Cc2cccc(C)c2)cc1.Cc1ccc(C(=O)Cc2cc(C)cc(C)c2)cc1.Cc1ccc(C(=O)Cc2cccc(C)c2)cc1.Cc1ccc(CC(=O)c2ccc(C)cc2)cc1.Cc1cccc(CC(=O)c2ccc(C#N)cc2)c1. The van der Waals surface area contributed by atoms with Gasteiger partial charge in [-0.05, 0) is 151 Å². The third-order valence-corrected chi connectivity index (χ3v) is 17.5. The number of benzene rings is 12. The Morgan fingerprint density at radius 2 is 0.491 bits per heavy atom. The second-order valence-electron chi connectivity index (χ2n) is 27.1. The van der Waals surface area contributed by atoms with E-state index in [1.165, 1.54) is 55.6 Å². The fourth-order valence-corrected chi connectivity index (χ4v) is 11.5. The van der Waals surface area contributed by atoms with Crippen LogP contribution in [0.2, 0.25) is 0 Å². The van der Waals surface area contributed by atoms with Crippen molar-refractivity contribution in [2.24, 2.45) is 0 Å². The molecular weight excluding hydrogens is 1300 g/mol. The molecule has 0 aliphatic heterocycles. The van der Waals surface area contributed by atoms with Gasteiger partial charge in [0.2, 0.25) is 0 Å². The summed E-state index contributed by atoms with van der Waals surface area (Å²) in [5.74, 6) is 1.68. The second kappa shape index (κ2) is 41.9. The number of ketones is 6. The Kier molecular flexibility index (Phi) is 32.1. The first kappa shape index (κ1) is 81.3. The van der Waals surface area contributed by atoms with Gasteiger partial charge in [-0.2, -0.15) is 5.26 Å². The standard InChI is InChI=1S/2C17H18O.C16H13NO.C16H16O2.2C16H16O/c1-12-4-6-16(7-5-12)17(18)11-15-9-13(2)8-14(3)10-15;1-3-14-7-9-16(10-8-14)17(18)12-15-6-4-5-13(2)11-15;1-12-3-2-4-14(9-12)10-16(18)15-7-5-13(11-17)6-8-15;1-12-4-3-5-13(10-12)11-16(17)14-6-8-15(18-2)9-7-14;1-12-3-7-14(8-4-12)11-16(17)15-9-5-13(2)6-10-15;1-12-6-8-15(9-7-12)16(17)11-14-5-3-4-13(2)10-14/h4-10H,11H2,1-3H3;4-11H,3,12H2,1-2H3;2-9H,10H2,1H3;3-10H,11H2,1-2H3;2*3-10H,11H2,1-2H3. The summed E-state index contributed by atoms with van der Waals surface area (Å²) in [4.78, 5) is 72.4. The number of methoxy groups -OCH3 is 1. The van der Waals surface area contributed by atoms with E-state index in [1.807, 2.05) is 280 Å². The van der Waals surface area contributed by atoms with E-state index in [1.54, 1.807) is 43.5 Å². The molecule has 12 aromatic carbocycles. The molecule has 0 saturated carbocycles. The molecule has 12 aromatic rings. The van der Waals surface area contributed by atoms with E-state index in [0.717, 1.165) is 78.9 Å². The molecule has 8 nitrogen and oxygen atoms in total. The Labute approximate surface area is 628 Å². The minimum absolute atomic E-state index is 0.0742. The molecule has 0 N–H and O–H groups in total. The summed E-state index contributed by atoms with van der Waals surface area (Å²) in [6.45, 7) is 22.5.